The van der Waals surface area contributed by atoms with Gasteiger partial charge in [-0.05, 0) is 68.7 Å². The quantitative estimate of drug-likeness (QED) is 0.216. The average Bonchev–Trinajstić information content (AvgIpc) is 2.90. The van der Waals surface area contributed by atoms with Crippen LogP contribution in [0.2, 0.25) is 0 Å². The number of pyridine rings is 1. The van der Waals surface area contributed by atoms with Crippen LogP contribution in [-0.2, 0) is 11.2 Å². The second kappa shape index (κ2) is 14.0. The van der Waals surface area contributed by atoms with E-state index in [1.54, 1.807) is 0 Å². The molecule has 1 aromatic carbocycles. The number of hydrogen-bond donors (Lipinski definition) is 0. The topological polar surface area (TPSA) is 63.0 Å². The van der Waals surface area contributed by atoms with Gasteiger partial charge in [0.15, 0.2) is 0 Å². The molecule has 0 saturated heterocycles. The summed E-state index contributed by atoms with van der Waals surface area (Å²) < 4.78 is 5.82. The van der Waals surface area contributed by atoms with Gasteiger partial charge in [0.25, 0.3) is 0 Å². The predicted molar refractivity (Wildman–Crippen MR) is 142 cm³/mol. The van der Waals surface area contributed by atoms with Crippen LogP contribution in [0.15, 0.2) is 42.6 Å². The highest BCUT2D eigenvalue weighted by atomic mass is 16.5. The molecule has 1 aliphatic carbocycles. The van der Waals surface area contributed by atoms with E-state index in [9.17, 15) is 10.1 Å². The summed E-state index contributed by atoms with van der Waals surface area (Å²) in [5.41, 5.74) is 3.52. The van der Waals surface area contributed by atoms with E-state index in [1.807, 2.05) is 30.5 Å². The van der Waals surface area contributed by atoms with Crippen LogP contribution in [-0.4, -0.2) is 17.1 Å². The lowest BCUT2D eigenvalue weighted by Crippen LogP contribution is -2.31. The number of rotatable bonds is 13. The molecule has 188 valence electrons. The number of ether oxygens (including phenoxy) is 1. The first-order valence-corrected chi connectivity index (χ1v) is 13.8. The summed E-state index contributed by atoms with van der Waals surface area (Å²) in [6.07, 6.45) is 16.9. The molecule has 2 aromatic rings. The highest BCUT2D eigenvalue weighted by molar-refractivity contribution is 5.90. The summed E-state index contributed by atoms with van der Waals surface area (Å²) in [5, 5.41) is 9.81. The molecule has 0 bridgehead atoms. The zero-order valence-electron chi connectivity index (χ0n) is 21.7. The van der Waals surface area contributed by atoms with E-state index in [4.69, 9.17) is 4.74 Å². The number of carbonyl (C=O) groups is 1. The van der Waals surface area contributed by atoms with Gasteiger partial charge in [0, 0.05) is 11.8 Å². The molecule has 4 heteroatoms. The fraction of sp³-hybridized carbons (Fsp3) is 0.581. The van der Waals surface area contributed by atoms with Gasteiger partial charge in [0.1, 0.15) is 6.10 Å². The molecule has 3 rings (SSSR count). The summed E-state index contributed by atoms with van der Waals surface area (Å²) in [7, 11) is 0. The van der Waals surface area contributed by atoms with Crippen LogP contribution >= 0.6 is 0 Å². The Labute approximate surface area is 212 Å². The Morgan fingerprint density at radius 3 is 2.29 bits per heavy atom. The number of unbranched alkanes of at least 4 members (excludes halogenated alkanes) is 6. The van der Waals surface area contributed by atoms with Gasteiger partial charge in [-0.2, -0.15) is 5.26 Å². The predicted octanol–water partition coefficient (Wildman–Crippen LogP) is 8.45. The van der Waals surface area contributed by atoms with E-state index in [1.165, 1.54) is 50.5 Å². The van der Waals surface area contributed by atoms with Crippen molar-refractivity contribution in [2.45, 2.75) is 110 Å². The molecular weight excluding hydrogens is 432 g/mol. The van der Waals surface area contributed by atoms with Crippen molar-refractivity contribution in [1.29, 1.82) is 5.26 Å². The summed E-state index contributed by atoms with van der Waals surface area (Å²) >= 11 is 0. The second-order valence-corrected chi connectivity index (χ2v) is 10.2. The molecule has 35 heavy (non-hydrogen) atoms. The van der Waals surface area contributed by atoms with E-state index in [-0.39, 0.29) is 17.5 Å². The Balaban J connectivity index is 1.47. The van der Waals surface area contributed by atoms with Crippen LogP contribution in [0, 0.1) is 16.7 Å². The Morgan fingerprint density at radius 2 is 1.66 bits per heavy atom. The minimum absolute atomic E-state index is 0.0920. The van der Waals surface area contributed by atoms with E-state index in [0.29, 0.717) is 5.56 Å². The van der Waals surface area contributed by atoms with Crippen molar-refractivity contribution >= 4 is 5.97 Å². The maximum atomic E-state index is 12.7. The monoisotopic (exact) mass is 474 g/mol. The molecule has 0 spiro atoms. The van der Waals surface area contributed by atoms with Crippen molar-refractivity contribution in [2.24, 2.45) is 5.41 Å². The zero-order valence-corrected chi connectivity index (χ0v) is 21.7. The molecule has 1 aliphatic rings. The van der Waals surface area contributed by atoms with Crippen molar-refractivity contribution in [3.8, 4) is 17.3 Å². The number of nitrogens with zero attached hydrogens (tertiary/aromatic N) is 2. The lowest BCUT2D eigenvalue weighted by atomic mass is 9.71. The molecule has 0 unspecified atom stereocenters. The van der Waals surface area contributed by atoms with Gasteiger partial charge in [-0.1, -0.05) is 77.0 Å². The molecule has 4 nitrogen and oxygen atoms in total. The van der Waals surface area contributed by atoms with Crippen molar-refractivity contribution in [3.63, 3.8) is 0 Å². The molecule has 1 fully saturated rings. The van der Waals surface area contributed by atoms with Gasteiger partial charge in [-0.3, -0.25) is 4.98 Å². The largest absolute Gasteiger partial charge is 0.459 e. The lowest BCUT2D eigenvalue weighted by Gasteiger charge is -2.34. The van der Waals surface area contributed by atoms with Gasteiger partial charge >= 0.3 is 5.97 Å². The molecule has 0 aliphatic heterocycles. The SMILES string of the molecule is CCCCCCCC1(C#N)CCC(OC(=O)c2ccc(-c3ccc(CCCCC)cn3)cc2)CC1. The van der Waals surface area contributed by atoms with Gasteiger partial charge < -0.3 is 4.74 Å². The average molecular weight is 475 g/mol. The molecule has 0 amide bonds. The maximum absolute atomic E-state index is 12.7. The Bertz CT molecular complexity index is 935. The van der Waals surface area contributed by atoms with Crippen LogP contribution in [0.25, 0.3) is 11.3 Å². The minimum Gasteiger partial charge on any atom is -0.459 e. The van der Waals surface area contributed by atoms with Gasteiger partial charge in [-0.15, -0.1) is 0 Å². The van der Waals surface area contributed by atoms with Crippen LogP contribution in [0.5, 0.6) is 0 Å². The summed E-state index contributed by atoms with van der Waals surface area (Å²) in [4.78, 5) is 17.3. The fourth-order valence-electron chi connectivity index (χ4n) is 5.07. The van der Waals surface area contributed by atoms with Gasteiger partial charge in [0.05, 0.1) is 22.7 Å². The molecule has 0 radical (unpaired) electrons. The van der Waals surface area contributed by atoms with Gasteiger partial charge in [0.2, 0.25) is 0 Å². The van der Waals surface area contributed by atoms with Crippen LogP contribution in [0.4, 0.5) is 0 Å². The standard InChI is InChI=1S/C31H42N2O2/c1-3-5-7-8-10-20-31(24-32)21-18-28(19-22-31)35-30(34)27-15-13-26(14-16-27)29-17-12-25(23-33-29)11-9-6-4-2/h12-17,23,28H,3-11,18-22H2,1-2H3. The lowest BCUT2D eigenvalue weighted by molar-refractivity contribution is 0.0105. The van der Waals surface area contributed by atoms with Crippen molar-refractivity contribution in [2.75, 3.05) is 0 Å². The van der Waals surface area contributed by atoms with Crippen molar-refractivity contribution < 1.29 is 9.53 Å². The third kappa shape index (κ3) is 8.20. The van der Waals surface area contributed by atoms with E-state index in [2.05, 4.69) is 37.0 Å². The van der Waals surface area contributed by atoms with Crippen LogP contribution < -0.4 is 0 Å². The van der Waals surface area contributed by atoms with E-state index >= 15 is 0 Å². The van der Waals surface area contributed by atoms with E-state index in [0.717, 1.165) is 56.2 Å². The van der Waals surface area contributed by atoms with Gasteiger partial charge in [-0.25, -0.2) is 4.79 Å². The molecule has 0 atom stereocenters. The normalized spacial score (nSPS) is 19.7. The molecule has 1 saturated carbocycles. The Hall–Kier alpha value is -2.67. The number of carbonyl (C=O) groups excluding carboxylic acids is 1. The minimum atomic E-state index is -0.273. The number of hydrogen-bond acceptors (Lipinski definition) is 4. The van der Waals surface area contributed by atoms with Crippen LogP contribution in [0.1, 0.15) is 113 Å². The summed E-state index contributed by atoms with van der Waals surface area (Å²) in [6, 6.07) is 14.3. The maximum Gasteiger partial charge on any atom is 0.338 e. The number of aryl methyl sites for hydroxylation is 1. The van der Waals surface area contributed by atoms with E-state index < -0.39 is 0 Å². The molecular formula is C31H42N2O2. The molecule has 0 N–H and O–H groups in total. The third-order valence-electron chi connectivity index (χ3n) is 7.47. The highest BCUT2D eigenvalue weighted by Gasteiger charge is 2.36. The fourth-order valence-corrected chi connectivity index (χ4v) is 5.07. The zero-order chi connectivity index (χ0) is 24.9. The number of aromatic nitrogens is 1. The molecule has 1 aromatic heterocycles. The third-order valence-corrected chi connectivity index (χ3v) is 7.47. The first-order chi connectivity index (χ1) is 17.1. The smallest absolute Gasteiger partial charge is 0.338 e. The number of esters is 1. The van der Waals surface area contributed by atoms with Crippen LogP contribution in [0.3, 0.4) is 0 Å². The summed E-state index contributed by atoms with van der Waals surface area (Å²) in [5.74, 6) is -0.273. The first-order valence-electron chi connectivity index (χ1n) is 13.8. The van der Waals surface area contributed by atoms with Crippen molar-refractivity contribution in [1.82, 2.24) is 4.98 Å². The molecule has 1 heterocycles. The number of benzene rings is 1. The Kier molecular flexibility index (Phi) is 10.8. The Morgan fingerprint density at radius 1 is 0.971 bits per heavy atom. The van der Waals surface area contributed by atoms with Crippen molar-refractivity contribution in [3.05, 3.63) is 53.7 Å². The highest BCUT2D eigenvalue weighted by Crippen LogP contribution is 2.41. The summed E-state index contributed by atoms with van der Waals surface area (Å²) in [6.45, 7) is 4.44. The number of nitriles is 1. The second-order valence-electron chi connectivity index (χ2n) is 10.2. The first kappa shape index (κ1) is 26.9.